The number of benzene rings is 1. The first-order valence-electron chi connectivity index (χ1n) is 11.7. The van der Waals surface area contributed by atoms with E-state index in [4.69, 9.17) is 5.11 Å². The Bertz CT molecular complexity index is 1390. The number of carboxylic acid groups (broad SMARTS) is 1. The molecule has 3 aliphatic heterocycles. The Balaban J connectivity index is 1.23. The quantitative estimate of drug-likeness (QED) is 0.578. The van der Waals surface area contributed by atoms with Gasteiger partial charge in [-0.25, -0.2) is 14.2 Å². The molecular weight excluding hydrogens is 463 g/mol. The Morgan fingerprint density at radius 2 is 1.92 bits per heavy atom. The summed E-state index contributed by atoms with van der Waals surface area (Å²) in [6, 6.07) is 10.7. The summed E-state index contributed by atoms with van der Waals surface area (Å²) in [5, 5.41) is 12.1. The molecule has 0 atom stereocenters. The molecule has 0 aliphatic carbocycles. The van der Waals surface area contributed by atoms with Crippen LogP contribution in [-0.4, -0.2) is 76.2 Å². The number of nitrogens with zero attached hydrogens (tertiary/aromatic N) is 7. The number of aromatic nitrogens is 3. The number of aliphatic imine (C=N–C) groups is 1. The van der Waals surface area contributed by atoms with Crippen molar-refractivity contribution in [2.45, 2.75) is 0 Å². The molecule has 3 aliphatic rings. The first kappa shape index (κ1) is 22.0. The van der Waals surface area contributed by atoms with Crippen molar-refractivity contribution in [2.24, 2.45) is 4.99 Å². The largest absolute Gasteiger partial charge is 0.465 e. The highest BCUT2D eigenvalue weighted by Gasteiger charge is 2.31. The predicted octanol–water partition coefficient (Wildman–Crippen LogP) is 3.33. The number of hydrogen-bond acceptors (Lipinski definition) is 8. The van der Waals surface area contributed by atoms with Gasteiger partial charge >= 0.3 is 6.09 Å². The smallest absolute Gasteiger partial charge is 0.407 e. The van der Waals surface area contributed by atoms with E-state index in [0.717, 1.165) is 28.5 Å². The van der Waals surface area contributed by atoms with Gasteiger partial charge < -0.3 is 25.1 Å². The van der Waals surface area contributed by atoms with Crippen LogP contribution in [0, 0.1) is 5.82 Å². The summed E-state index contributed by atoms with van der Waals surface area (Å²) < 4.78 is 15.0. The Labute approximate surface area is 206 Å². The number of amidine groups is 1. The summed E-state index contributed by atoms with van der Waals surface area (Å²) in [6.07, 6.45) is 4.53. The molecule has 1 saturated heterocycles. The van der Waals surface area contributed by atoms with Crippen molar-refractivity contribution < 1.29 is 14.3 Å². The summed E-state index contributed by atoms with van der Waals surface area (Å²) >= 11 is 0. The van der Waals surface area contributed by atoms with Crippen molar-refractivity contribution in [3.05, 3.63) is 65.9 Å². The number of rotatable bonds is 4. The lowest BCUT2D eigenvalue weighted by Crippen LogP contribution is -2.48. The topological polar surface area (TPSA) is 110 Å². The van der Waals surface area contributed by atoms with Gasteiger partial charge in [-0.15, -0.1) is 0 Å². The first-order valence-corrected chi connectivity index (χ1v) is 11.7. The molecule has 6 rings (SSSR count). The van der Waals surface area contributed by atoms with Gasteiger partial charge in [0, 0.05) is 61.9 Å². The Kier molecular flexibility index (Phi) is 5.44. The number of piperazine rings is 1. The van der Waals surface area contributed by atoms with Crippen LogP contribution in [0.3, 0.4) is 0 Å². The predicted molar refractivity (Wildman–Crippen MR) is 135 cm³/mol. The summed E-state index contributed by atoms with van der Waals surface area (Å²) in [5.74, 6) is 1.40. The number of carbonyl (C=O) groups is 1. The Hall–Kier alpha value is -4.54. The second-order valence-electron chi connectivity index (χ2n) is 8.65. The van der Waals surface area contributed by atoms with E-state index >= 15 is 0 Å². The van der Waals surface area contributed by atoms with E-state index in [1.165, 1.54) is 11.0 Å². The van der Waals surface area contributed by atoms with Crippen LogP contribution in [-0.2, 0) is 0 Å². The van der Waals surface area contributed by atoms with Crippen LogP contribution >= 0.6 is 0 Å². The lowest BCUT2D eigenvalue weighted by molar-refractivity contribution is 0.142. The maximum absolute atomic E-state index is 15.0. The van der Waals surface area contributed by atoms with Crippen LogP contribution < -0.4 is 15.1 Å². The van der Waals surface area contributed by atoms with Gasteiger partial charge in [0.05, 0.1) is 17.9 Å². The zero-order chi connectivity index (χ0) is 24.6. The SMILES string of the molecule is O=C(O)N1CCN(c2ccc(Nc3ncc4c(n3)N3CCN=C3C(c3ccccn3)=C4)c(F)c2)CC1. The lowest BCUT2D eigenvalue weighted by Gasteiger charge is -2.34. The fourth-order valence-corrected chi connectivity index (χ4v) is 4.65. The maximum Gasteiger partial charge on any atom is 0.407 e. The molecule has 1 amide bonds. The van der Waals surface area contributed by atoms with E-state index in [0.29, 0.717) is 45.0 Å². The number of fused-ring (bicyclic) bond motifs is 3. The minimum absolute atomic E-state index is 0.263. The number of halogens is 1. The van der Waals surface area contributed by atoms with Crippen LogP contribution in [0.2, 0.25) is 0 Å². The molecule has 5 heterocycles. The van der Waals surface area contributed by atoms with E-state index in [2.05, 4.69) is 25.3 Å². The molecule has 3 aromatic rings. The third-order valence-corrected chi connectivity index (χ3v) is 6.49. The average molecular weight is 487 g/mol. The minimum atomic E-state index is -0.929. The fourth-order valence-electron chi connectivity index (χ4n) is 4.65. The minimum Gasteiger partial charge on any atom is -0.465 e. The van der Waals surface area contributed by atoms with Crippen LogP contribution in [0.15, 0.2) is 53.8 Å². The number of pyridine rings is 1. The molecule has 1 fully saturated rings. The average Bonchev–Trinajstić information content (AvgIpc) is 3.40. The van der Waals surface area contributed by atoms with E-state index < -0.39 is 11.9 Å². The molecule has 2 aromatic heterocycles. The molecule has 0 saturated carbocycles. The molecular formula is C25H23FN8O2. The second kappa shape index (κ2) is 8.91. The summed E-state index contributed by atoms with van der Waals surface area (Å²) in [6.45, 7) is 3.15. The van der Waals surface area contributed by atoms with Crippen molar-refractivity contribution in [1.82, 2.24) is 19.9 Å². The zero-order valence-corrected chi connectivity index (χ0v) is 19.3. The molecule has 0 unspecified atom stereocenters. The summed E-state index contributed by atoms with van der Waals surface area (Å²) in [4.78, 5) is 34.7. The van der Waals surface area contributed by atoms with Crippen molar-refractivity contribution in [1.29, 1.82) is 0 Å². The zero-order valence-electron chi connectivity index (χ0n) is 19.3. The van der Waals surface area contributed by atoms with E-state index in [1.54, 1.807) is 18.5 Å². The molecule has 1 aromatic carbocycles. The van der Waals surface area contributed by atoms with Crippen LogP contribution in [0.4, 0.5) is 32.3 Å². The molecule has 10 nitrogen and oxygen atoms in total. The van der Waals surface area contributed by atoms with E-state index in [1.807, 2.05) is 40.1 Å². The van der Waals surface area contributed by atoms with Crippen LogP contribution in [0.5, 0.6) is 0 Å². The van der Waals surface area contributed by atoms with Crippen molar-refractivity contribution in [2.75, 3.05) is 54.4 Å². The van der Waals surface area contributed by atoms with Crippen molar-refractivity contribution in [3.63, 3.8) is 0 Å². The second-order valence-corrected chi connectivity index (χ2v) is 8.65. The maximum atomic E-state index is 15.0. The van der Waals surface area contributed by atoms with E-state index in [-0.39, 0.29) is 11.6 Å². The highest BCUT2D eigenvalue weighted by Crippen LogP contribution is 2.35. The summed E-state index contributed by atoms with van der Waals surface area (Å²) in [5.41, 5.74) is 3.58. The third kappa shape index (κ3) is 3.98. The third-order valence-electron chi connectivity index (χ3n) is 6.49. The van der Waals surface area contributed by atoms with Gasteiger partial charge in [0.25, 0.3) is 0 Å². The number of anilines is 4. The number of nitrogens with one attached hydrogen (secondary N) is 1. The van der Waals surface area contributed by atoms with Gasteiger partial charge in [0.1, 0.15) is 17.5 Å². The molecule has 11 heteroatoms. The van der Waals surface area contributed by atoms with Gasteiger partial charge in [-0.05, 0) is 36.4 Å². The molecule has 0 spiro atoms. The standard InChI is InChI=1S/C25H23FN8O2/c26-19-14-17(32-9-11-33(12-10-32)25(35)36)4-5-21(19)30-24-29-15-16-13-18(20-3-1-2-6-27-20)23-28-7-8-34(23)22(16)31-24/h1-6,13-15H,7-12H2,(H,35,36)(H,29,30,31). The molecule has 0 bridgehead atoms. The molecule has 182 valence electrons. The number of hydrogen-bond donors (Lipinski definition) is 2. The van der Waals surface area contributed by atoms with Gasteiger partial charge in [0.15, 0.2) is 0 Å². The monoisotopic (exact) mass is 486 g/mol. The Morgan fingerprint density at radius 1 is 1.06 bits per heavy atom. The molecule has 36 heavy (non-hydrogen) atoms. The van der Waals surface area contributed by atoms with Gasteiger partial charge in [0.2, 0.25) is 5.95 Å². The van der Waals surface area contributed by atoms with Gasteiger partial charge in [-0.2, -0.15) is 4.98 Å². The summed E-state index contributed by atoms with van der Waals surface area (Å²) in [7, 11) is 0. The van der Waals surface area contributed by atoms with Crippen molar-refractivity contribution in [3.8, 4) is 0 Å². The molecule has 0 radical (unpaired) electrons. The fraction of sp³-hybridized carbons (Fsp3) is 0.240. The lowest BCUT2D eigenvalue weighted by atomic mass is 10.0. The Morgan fingerprint density at radius 3 is 2.67 bits per heavy atom. The molecule has 2 N–H and O–H groups in total. The van der Waals surface area contributed by atoms with E-state index in [9.17, 15) is 9.18 Å². The van der Waals surface area contributed by atoms with Crippen LogP contribution in [0.1, 0.15) is 11.3 Å². The first-order chi connectivity index (χ1) is 17.6. The van der Waals surface area contributed by atoms with Crippen molar-refractivity contribution >= 4 is 46.7 Å². The highest BCUT2D eigenvalue weighted by atomic mass is 19.1. The number of amides is 1. The highest BCUT2D eigenvalue weighted by molar-refractivity contribution is 6.35. The van der Waals surface area contributed by atoms with Gasteiger partial charge in [-0.1, -0.05) is 6.07 Å². The van der Waals surface area contributed by atoms with Crippen LogP contribution in [0.25, 0.3) is 11.6 Å². The van der Waals surface area contributed by atoms with Gasteiger partial charge in [-0.3, -0.25) is 9.98 Å². The normalized spacial score (nSPS) is 16.8.